The highest BCUT2D eigenvalue weighted by molar-refractivity contribution is 5.89. The number of carboxylic acid groups (broad SMARTS) is 1. The molecule has 2 aromatic rings. The third kappa shape index (κ3) is 2.31. The topological polar surface area (TPSA) is 92.5 Å². The summed E-state index contributed by atoms with van der Waals surface area (Å²) in [5, 5.41) is 18.2. The molecule has 0 atom stereocenters. The number of para-hydroxylation sites is 1. The first-order valence-electron chi connectivity index (χ1n) is 4.96. The van der Waals surface area contributed by atoms with Gasteiger partial charge in [-0.3, -0.25) is 0 Å². The molecule has 2 rings (SSSR count). The van der Waals surface area contributed by atoms with Gasteiger partial charge in [-0.2, -0.15) is 4.98 Å². The van der Waals surface area contributed by atoms with Gasteiger partial charge >= 0.3 is 5.97 Å². The minimum absolute atomic E-state index is 0.0556. The maximum absolute atomic E-state index is 10.8. The molecule has 0 amide bonds. The van der Waals surface area contributed by atoms with Crippen molar-refractivity contribution >= 4 is 16.9 Å². The van der Waals surface area contributed by atoms with Crippen LogP contribution in [-0.2, 0) is 0 Å². The number of carbonyl (C=O) groups is 1. The van der Waals surface area contributed by atoms with E-state index in [0.717, 1.165) is 0 Å². The van der Waals surface area contributed by atoms with Crippen LogP contribution < -0.4 is 4.74 Å². The Labute approximate surface area is 96.5 Å². The monoisotopic (exact) mass is 234 g/mol. The predicted octanol–water partition coefficient (Wildman–Crippen LogP) is 0.699. The van der Waals surface area contributed by atoms with Crippen molar-refractivity contribution in [2.75, 3.05) is 13.2 Å². The van der Waals surface area contributed by atoms with E-state index in [4.69, 9.17) is 14.9 Å². The number of nitrogens with zero attached hydrogens (tertiary/aromatic N) is 2. The molecular weight excluding hydrogens is 224 g/mol. The Morgan fingerprint density at radius 1 is 1.29 bits per heavy atom. The third-order valence-corrected chi connectivity index (χ3v) is 2.09. The van der Waals surface area contributed by atoms with E-state index in [2.05, 4.69) is 9.97 Å². The van der Waals surface area contributed by atoms with Gasteiger partial charge in [0.05, 0.1) is 17.5 Å². The van der Waals surface area contributed by atoms with Crippen molar-refractivity contribution < 1.29 is 19.7 Å². The number of ether oxygens (including phenoxy) is 1. The number of hydrogen-bond donors (Lipinski definition) is 2. The van der Waals surface area contributed by atoms with E-state index in [-0.39, 0.29) is 24.9 Å². The highest BCUT2D eigenvalue weighted by Gasteiger charge is 2.13. The summed E-state index contributed by atoms with van der Waals surface area (Å²) >= 11 is 0. The summed E-state index contributed by atoms with van der Waals surface area (Å²) in [4.78, 5) is 18.5. The van der Waals surface area contributed by atoms with Crippen LogP contribution in [-0.4, -0.2) is 39.4 Å². The molecule has 0 bridgehead atoms. The molecular formula is C11H10N2O4. The van der Waals surface area contributed by atoms with Crippen molar-refractivity contribution in [1.29, 1.82) is 0 Å². The fourth-order valence-corrected chi connectivity index (χ4v) is 1.40. The molecule has 0 saturated heterocycles. The lowest BCUT2D eigenvalue weighted by Crippen LogP contribution is -2.09. The average Bonchev–Trinajstić information content (AvgIpc) is 2.35. The zero-order valence-electron chi connectivity index (χ0n) is 8.83. The van der Waals surface area contributed by atoms with Gasteiger partial charge in [0.15, 0.2) is 0 Å². The van der Waals surface area contributed by atoms with Crippen LogP contribution in [0.3, 0.4) is 0 Å². The molecule has 0 aliphatic carbocycles. The highest BCUT2D eigenvalue weighted by atomic mass is 16.5. The fraction of sp³-hybridized carbons (Fsp3) is 0.182. The molecule has 0 aliphatic rings. The normalized spacial score (nSPS) is 10.4. The van der Waals surface area contributed by atoms with Crippen molar-refractivity contribution in [2.45, 2.75) is 0 Å². The van der Waals surface area contributed by atoms with E-state index < -0.39 is 5.97 Å². The minimum atomic E-state index is -1.22. The Morgan fingerprint density at radius 2 is 2.06 bits per heavy atom. The Kier molecular flexibility index (Phi) is 3.15. The number of hydrogen-bond acceptors (Lipinski definition) is 5. The van der Waals surface area contributed by atoms with Crippen LogP contribution in [0, 0.1) is 0 Å². The van der Waals surface area contributed by atoms with E-state index in [1.54, 1.807) is 24.3 Å². The molecule has 1 aromatic heterocycles. The number of aliphatic hydroxyl groups excluding tert-OH is 1. The van der Waals surface area contributed by atoms with E-state index >= 15 is 0 Å². The maximum atomic E-state index is 10.8. The molecule has 0 aliphatic heterocycles. The number of aromatic carboxylic acids is 1. The number of aromatic nitrogens is 2. The lowest BCUT2D eigenvalue weighted by Gasteiger charge is -2.07. The van der Waals surface area contributed by atoms with Gasteiger partial charge in [0, 0.05) is 0 Å². The van der Waals surface area contributed by atoms with Gasteiger partial charge in [0.25, 0.3) is 0 Å². The predicted molar refractivity (Wildman–Crippen MR) is 59.1 cm³/mol. The van der Waals surface area contributed by atoms with Crippen molar-refractivity contribution in [3.05, 3.63) is 30.1 Å². The first-order chi connectivity index (χ1) is 8.22. The van der Waals surface area contributed by atoms with Gasteiger partial charge in [-0.1, -0.05) is 12.1 Å². The quantitative estimate of drug-likeness (QED) is 0.808. The Morgan fingerprint density at radius 3 is 2.76 bits per heavy atom. The van der Waals surface area contributed by atoms with Crippen molar-refractivity contribution in [1.82, 2.24) is 9.97 Å². The average molecular weight is 234 g/mol. The SMILES string of the molecule is O=C(O)c1nc(OCCO)c2ccccc2n1. The number of benzene rings is 1. The van der Waals surface area contributed by atoms with Gasteiger partial charge in [0.1, 0.15) is 6.61 Å². The zero-order valence-corrected chi connectivity index (χ0v) is 8.83. The number of rotatable bonds is 4. The molecule has 0 spiro atoms. The third-order valence-electron chi connectivity index (χ3n) is 2.09. The molecule has 1 aromatic carbocycles. The summed E-state index contributed by atoms with van der Waals surface area (Å²) in [5.41, 5.74) is 0.493. The Hall–Kier alpha value is -2.21. The van der Waals surface area contributed by atoms with Gasteiger partial charge in [-0.05, 0) is 12.1 Å². The Bertz CT molecular complexity index is 556. The van der Waals surface area contributed by atoms with Crippen LogP contribution in [0.15, 0.2) is 24.3 Å². The molecule has 2 N–H and O–H groups in total. The largest absolute Gasteiger partial charge is 0.475 e. The second kappa shape index (κ2) is 4.75. The van der Waals surface area contributed by atoms with Crippen LogP contribution in [0.2, 0.25) is 0 Å². The number of carboxylic acids is 1. The molecule has 88 valence electrons. The highest BCUT2D eigenvalue weighted by Crippen LogP contribution is 2.21. The van der Waals surface area contributed by atoms with Crippen molar-refractivity contribution in [3.8, 4) is 5.88 Å². The molecule has 17 heavy (non-hydrogen) atoms. The molecule has 6 nitrogen and oxygen atoms in total. The van der Waals surface area contributed by atoms with Gasteiger partial charge in [-0.25, -0.2) is 9.78 Å². The van der Waals surface area contributed by atoms with Crippen LogP contribution >= 0.6 is 0 Å². The molecule has 1 heterocycles. The second-order valence-corrected chi connectivity index (χ2v) is 3.25. The summed E-state index contributed by atoms with van der Waals surface area (Å²) in [6, 6.07) is 6.93. The van der Waals surface area contributed by atoms with Gasteiger partial charge in [-0.15, -0.1) is 0 Å². The first-order valence-corrected chi connectivity index (χ1v) is 4.96. The zero-order chi connectivity index (χ0) is 12.3. The van der Waals surface area contributed by atoms with Crippen LogP contribution in [0.25, 0.3) is 10.9 Å². The number of fused-ring (bicyclic) bond motifs is 1. The van der Waals surface area contributed by atoms with Crippen LogP contribution in [0.1, 0.15) is 10.6 Å². The van der Waals surface area contributed by atoms with E-state index in [9.17, 15) is 4.79 Å². The van der Waals surface area contributed by atoms with Gasteiger partial charge in [0.2, 0.25) is 11.7 Å². The van der Waals surface area contributed by atoms with E-state index in [1.807, 2.05) is 0 Å². The summed E-state index contributed by atoms with van der Waals surface area (Å²) < 4.78 is 5.19. The maximum Gasteiger partial charge on any atom is 0.374 e. The lowest BCUT2D eigenvalue weighted by atomic mass is 10.2. The molecule has 0 radical (unpaired) electrons. The Balaban J connectivity index is 2.56. The first kappa shape index (κ1) is 11.3. The summed E-state index contributed by atoms with van der Waals surface area (Å²) in [6.45, 7) is -0.110. The summed E-state index contributed by atoms with van der Waals surface area (Å²) in [5.74, 6) is -1.37. The lowest BCUT2D eigenvalue weighted by molar-refractivity contribution is 0.0682. The van der Waals surface area contributed by atoms with Gasteiger partial charge < -0.3 is 14.9 Å². The van der Waals surface area contributed by atoms with Crippen LogP contribution in [0.5, 0.6) is 5.88 Å². The number of aliphatic hydroxyl groups is 1. The van der Waals surface area contributed by atoms with Crippen molar-refractivity contribution in [2.24, 2.45) is 0 Å². The molecule has 0 saturated carbocycles. The minimum Gasteiger partial charge on any atom is -0.475 e. The molecule has 0 fully saturated rings. The smallest absolute Gasteiger partial charge is 0.374 e. The van der Waals surface area contributed by atoms with Crippen molar-refractivity contribution in [3.63, 3.8) is 0 Å². The van der Waals surface area contributed by atoms with Crippen LogP contribution in [0.4, 0.5) is 0 Å². The second-order valence-electron chi connectivity index (χ2n) is 3.25. The van der Waals surface area contributed by atoms with E-state index in [1.165, 1.54) is 0 Å². The summed E-state index contributed by atoms with van der Waals surface area (Å²) in [6.07, 6.45) is 0. The standard InChI is InChI=1S/C11H10N2O4/c14-5-6-17-10-7-3-1-2-4-8(7)12-9(13-10)11(15)16/h1-4,14H,5-6H2,(H,15,16). The molecule has 0 unspecified atom stereocenters. The van der Waals surface area contributed by atoms with E-state index in [0.29, 0.717) is 10.9 Å². The molecule has 6 heteroatoms. The summed E-state index contributed by atoms with van der Waals surface area (Å²) in [7, 11) is 0. The fourth-order valence-electron chi connectivity index (χ4n) is 1.40.